The van der Waals surface area contributed by atoms with Crippen molar-refractivity contribution in [3.63, 3.8) is 0 Å². The van der Waals surface area contributed by atoms with Gasteiger partial charge in [0, 0.05) is 18.4 Å². The summed E-state index contributed by atoms with van der Waals surface area (Å²) in [6.45, 7) is 0.568. The molecule has 2 N–H and O–H groups in total. The van der Waals surface area contributed by atoms with Crippen molar-refractivity contribution < 1.29 is 14.3 Å². The molecule has 5 nitrogen and oxygen atoms in total. The SMILES string of the molecule is NC(=S)c1ccc(OCCN2C(=O)CCC2=O)cc1. The first-order chi connectivity index (χ1) is 9.08. The minimum absolute atomic E-state index is 0.127. The molecule has 1 aliphatic heterocycles. The van der Waals surface area contributed by atoms with Crippen LogP contribution in [0, 0.1) is 0 Å². The van der Waals surface area contributed by atoms with Crippen molar-refractivity contribution in [2.45, 2.75) is 12.8 Å². The largest absolute Gasteiger partial charge is 0.492 e. The Morgan fingerprint density at radius 1 is 1.21 bits per heavy atom. The Bertz CT molecular complexity index is 497. The first kappa shape index (κ1) is 13.5. The molecule has 2 amide bonds. The molecule has 1 fully saturated rings. The molecule has 100 valence electrons. The molecule has 1 saturated heterocycles. The van der Waals surface area contributed by atoms with Crippen molar-refractivity contribution in [3.8, 4) is 5.75 Å². The van der Waals surface area contributed by atoms with E-state index in [0.29, 0.717) is 23.6 Å². The zero-order valence-electron chi connectivity index (χ0n) is 10.3. The number of carbonyl (C=O) groups is 2. The Balaban J connectivity index is 1.84. The van der Waals surface area contributed by atoms with Gasteiger partial charge >= 0.3 is 0 Å². The summed E-state index contributed by atoms with van der Waals surface area (Å²) in [6.07, 6.45) is 0.614. The maximum atomic E-state index is 11.4. The van der Waals surface area contributed by atoms with Gasteiger partial charge in [-0.25, -0.2) is 0 Å². The van der Waals surface area contributed by atoms with Crippen molar-refractivity contribution in [2.75, 3.05) is 13.2 Å². The summed E-state index contributed by atoms with van der Waals surface area (Å²) >= 11 is 4.85. The lowest BCUT2D eigenvalue weighted by molar-refractivity contribution is -0.138. The number of ether oxygens (including phenoxy) is 1. The van der Waals surface area contributed by atoms with Gasteiger partial charge in [0.2, 0.25) is 11.8 Å². The molecule has 19 heavy (non-hydrogen) atoms. The monoisotopic (exact) mass is 278 g/mol. The molecule has 1 aromatic rings. The van der Waals surface area contributed by atoms with E-state index in [-0.39, 0.29) is 25.0 Å². The first-order valence-corrected chi connectivity index (χ1v) is 6.34. The Morgan fingerprint density at radius 3 is 2.32 bits per heavy atom. The van der Waals surface area contributed by atoms with Gasteiger partial charge in [-0.15, -0.1) is 0 Å². The van der Waals surface area contributed by atoms with Crippen LogP contribution in [0.15, 0.2) is 24.3 Å². The van der Waals surface area contributed by atoms with Crippen LogP contribution in [0.1, 0.15) is 18.4 Å². The Kier molecular flexibility index (Phi) is 4.11. The first-order valence-electron chi connectivity index (χ1n) is 5.94. The van der Waals surface area contributed by atoms with Gasteiger partial charge in [0.1, 0.15) is 17.3 Å². The van der Waals surface area contributed by atoms with E-state index in [1.165, 1.54) is 4.90 Å². The minimum atomic E-state index is -0.127. The van der Waals surface area contributed by atoms with Gasteiger partial charge in [-0.1, -0.05) is 12.2 Å². The van der Waals surface area contributed by atoms with E-state index < -0.39 is 0 Å². The number of hydrogen-bond donors (Lipinski definition) is 1. The number of amides is 2. The highest BCUT2D eigenvalue weighted by atomic mass is 32.1. The molecule has 0 atom stereocenters. The average molecular weight is 278 g/mol. The van der Waals surface area contributed by atoms with Gasteiger partial charge in [-0.2, -0.15) is 0 Å². The van der Waals surface area contributed by atoms with Crippen LogP contribution in [-0.4, -0.2) is 34.9 Å². The summed E-state index contributed by atoms with van der Waals surface area (Å²) in [4.78, 5) is 24.3. The number of benzene rings is 1. The van der Waals surface area contributed by atoms with Gasteiger partial charge in [-0.05, 0) is 24.3 Å². The number of hydrogen-bond acceptors (Lipinski definition) is 4. The van der Waals surface area contributed by atoms with Crippen molar-refractivity contribution >= 4 is 29.0 Å². The molecule has 0 aromatic heterocycles. The Hall–Kier alpha value is -1.95. The topological polar surface area (TPSA) is 72.6 Å². The minimum Gasteiger partial charge on any atom is -0.492 e. The van der Waals surface area contributed by atoms with Crippen LogP contribution in [0.3, 0.4) is 0 Å². The number of carbonyl (C=O) groups excluding carboxylic acids is 2. The highest BCUT2D eigenvalue weighted by molar-refractivity contribution is 7.80. The third kappa shape index (κ3) is 3.29. The quantitative estimate of drug-likeness (QED) is 0.638. The second-order valence-electron chi connectivity index (χ2n) is 4.18. The molecule has 1 heterocycles. The average Bonchev–Trinajstić information content (AvgIpc) is 2.71. The summed E-state index contributed by atoms with van der Waals surface area (Å²) in [5, 5.41) is 0. The zero-order valence-corrected chi connectivity index (χ0v) is 11.1. The van der Waals surface area contributed by atoms with Crippen LogP contribution in [0.25, 0.3) is 0 Å². The van der Waals surface area contributed by atoms with Gasteiger partial charge < -0.3 is 10.5 Å². The van der Waals surface area contributed by atoms with Gasteiger partial charge in [-0.3, -0.25) is 14.5 Å². The fourth-order valence-corrected chi connectivity index (χ4v) is 1.98. The van der Waals surface area contributed by atoms with Gasteiger partial charge in [0.25, 0.3) is 0 Å². The zero-order chi connectivity index (χ0) is 13.8. The molecular weight excluding hydrogens is 264 g/mol. The van der Waals surface area contributed by atoms with E-state index in [9.17, 15) is 9.59 Å². The van der Waals surface area contributed by atoms with Crippen LogP contribution < -0.4 is 10.5 Å². The summed E-state index contributed by atoms with van der Waals surface area (Å²) in [5.74, 6) is 0.397. The molecule has 0 spiro atoms. The second kappa shape index (κ2) is 5.79. The summed E-state index contributed by atoms with van der Waals surface area (Å²) in [6, 6.07) is 7.04. The number of rotatable bonds is 5. The van der Waals surface area contributed by atoms with Gasteiger partial charge in [0.15, 0.2) is 0 Å². The predicted octanol–water partition coefficient (Wildman–Crippen LogP) is 0.849. The smallest absolute Gasteiger partial charge is 0.229 e. The summed E-state index contributed by atoms with van der Waals surface area (Å²) in [7, 11) is 0. The predicted molar refractivity (Wildman–Crippen MR) is 73.8 cm³/mol. The molecule has 0 unspecified atom stereocenters. The standard InChI is InChI=1S/C13H14N2O3S/c14-13(19)9-1-3-10(4-2-9)18-8-7-15-11(16)5-6-12(15)17/h1-4H,5-8H2,(H2,14,19). The third-order valence-corrected chi connectivity index (χ3v) is 3.11. The molecule has 0 aliphatic carbocycles. The van der Waals surface area contributed by atoms with Crippen molar-refractivity contribution in [3.05, 3.63) is 29.8 Å². The van der Waals surface area contributed by atoms with Crippen molar-refractivity contribution in [1.29, 1.82) is 0 Å². The van der Waals surface area contributed by atoms with Crippen LogP contribution in [0.4, 0.5) is 0 Å². The van der Waals surface area contributed by atoms with Crippen molar-refractivity contribution in [2.24, 2.45) is 5.73 Å². The number of nitrogens with zero attached hydrogens (tertiary/aromatic N) is 1. The number of nitrogens with two attached hydrogens (primary N) is 1. The molecule has 1 aromatic carbocycles. The normalized spacial score (nSPS) is 14.8. The fraction of sp³-hybridized carbons (Fsp3) is 0.308. The summed E-state index contributed by atoms with van der Waals surface area (Å²) < 4.78 is 5.47. The molecule has 0 saturated carbocycles. The lowest BCUT2D eigenvalue weighted by Crippen LogP contribution is -2.33. The number of imide groups is 1. The van der Waals surface area contributed by atoms with E-state index in [0.717, 1.165) is 5.56 Å². The molecule has 2 rings (SSSR count). The third-order valence-electron chi connectivity index (χ3n) is 2.88. The fourth-order valence-electron chi connectivity index (χ4n) is 1.84. The summed E-state index contributed by atoms with van der Waals surface area (Å²) in [5.41, 5.74) is 6.26. The number of likely N-dealkylation sites (tertiary alicyclic amines) is 1. The lowest BCUT2D eigenvalue weighted by Gasteiger charge is -2.14. The van der Waals surface area contributed by atoms with Crippen molar-refractivity contribution in [1.82, 2.24) is 4.90 Å². The van der Waals surface area contributed by atoms with E-state index in [4.69, 9.17) is 22.7 Å². The van der Waals surface area contributed by atoms with E-state index in [1.807, 2.05) is 0 Å². The van der Waals surface area contributed by atoms with Crippen LogP contribution in [0.2, 0.25) is 0 Å². The molecule has 0 radical (unpaired) electrons. The van der Waals surface area contributed by atoms with E-state index in [2.05, 4.69) is 0 Å². The van der Waals surface area contributed by atoms with E-state index >= 15 is 0 Å². The Labute approximate surface area is 116 Å². The molecule has 6 heteroatoms. The van der Waals surface area contributed by atoms with E-state index in [1.54, 1.807) is 24.3 Å². The molecule has 0 bridgehead atoms. The highest BCUT2D eigenvalue weighted by Gasteiger charge is 2.28. The highest BCUT2D eigenvalue weighted by Crippen LogP contribution is 2.14. The van der Waals surface area contributed by atoms with Gasteiger partial charge in [0.05, 0.1) is 6.54 Å². The van der Waals surface area contributed by atoms with Crippen LogP contribution in [-0.2, 0) is 9.59 Å². The number of thiocarbonyl (C=S) groups is 1. The lowest BCUT2D eigenvalue weighted by atomic mass is 10.2. The maximum absolute atomic E-state index is 11.4. The van der Waals surface area contributed by atoms with Crippen LogP contribution in [0.5, 0.6) is 5.75 Å². The molecule has 1 aliphatic rings. The maximum Gasteiger partial charge on any atom is 0.229 e. The second-order valence-corrected chi connectivity index (χ2v) is 4.62. The van der Waals surface area contributed by atoms with Crippen LogP contribution >= 0.6 is 12.2 Å². The Morgan fingerprint density at radius 2 is 1.79 bits per heavy atom. The molecular formula is C13H14N2O3S.